The van der Waals surface area contributed by atoms with Crippen LogP contribution in [0.4, 0.5) is 32.2 Å². The second-order valence-corrected chi connectivity index (χ2v) is 17.8. The predicted molar refractivity (Wildman–Crippen MR) is 268 cm³/mol. The lowest BCUT2D eigenvalue weighted by atomic mass is 9.90. The van der Waals surface area contributed by atoms with E-state index in [2.05, 4.69) is 41.2 Å². The number of methoxy groups -OCH3 is 2. The molecule has 2 saturated heterocycles. The number of carbonyl (C=O) groups is 2. The number of alkyl halides is 6. The molecular formula is C54H47BrF6N8O4. The third kappa shape index (κ3) is 12.5. The summed E-state index contributed by atoms with van der Waals surface area (Å²) in [5, 5.41) is 3.13. The number of carbonyl (C=O) groups excluding carboxylic acids is 2. The number of aromatic nitrogens is 6. The summed E-state index contributed by atoms with van der Waals surface area (Å²) in [4.78, 5) is 52.5. The zero-order chi connectivity index (χ0) is 51.7. The fraction of sp³-hybridized carbons (Fsp3) is 0.259. The normalized spacial score (nSPS) is 14.4. The van der Waals surface area contributed by atoms with Gasteiger partial charge in [-0.15, -0.1) is 0 Å². The highest BCUT2D eigenvalue weighted by Gasteiger charge is 2.38. The highest BCUT2D eigenvalue weighted by molar-refractivity contribution is 9.10. The molecule has 0 radical (unpaired) electrons. The van der Waals surface area contributed by atoms with Gasteiger partial charge in [-0.25, -0.2) is 29.5 Å². The molecule has 2 fully saturated rings. The van der Waals surface area contributed by atoms with Gasteiger partial charge in [0.25, 0.3) is 0 Å². The summed E-state index contributed by atoms with van der Waals surface area (Å²) in [5.74, 6) is -0.602. The molecule has 376 valence electrons. The van der Waals surface area contributed by atoms with Crippen molar-refractivity contribution in [1.82, 2.24) is 35.2 Å². The first-order valence-electron chi connectivity index (χ1n) is 23.2. The van der Waals surface area contributed by atoms with Gasteiger partial charge in [0.05, 0.1) is 69.9 Å². The first-order valence-corrected chi connectivity index (χ1v) is 24.0. The number of hydrogen-bond acceptors (Lipinski definition) is 12. The van der Waals surface area contributed by atoms with Gasteiger partial charge in [-0.1, -0.05) is 60.7 Å². The van der Waals surface area contributed by atoms with Crippen molar-refractivity contribution in [1.29, 1.82) is 0 Å². The smallest absolute Gasteiger partial charge is 0.418 e. The Hall–Kier alpha value is -7.38. The number of nitrogens with zero attached hydrogens (tertiary/aromatic N) is 7. The molecule has 0 unspecified atom stereocenters. The Morgan fingerprint density at radius 3 is 1.49 bits per heavy atom. The van der Waals surface area contributed by atoms with Crippen molar-refractivity contribution >= 4 is 55.8 Å². The van der Waals surface area contributed by atoms with Crippen molar-refractivity contribution in [2.45, 2.75) is 49.9 Å². The number of pyridine rings is 2. The van der Waals surface area contributed by atoms with Gasteiger partial charge in [-0.2, -0.15) is 26.3 Å². The second-order valence-electron chi connectivity index (χ2n) is 17.0. The molecule has 19 heteroatoms. The summed E-state index contributed by atoms with van der Waals surface area (Å²) >= 11 is 3.44. The molecule has 10 rings (SSSR count). The predicted octanol–water partition coefficient (Wildman–Crippen LogP) is 12.3. The molecule has 0 saturated carbocycles. The number of piperidine rings is 2. The summed E-state index contributed by atoms with van der Waals surface area (Å²) < 4.78 is 89.1. The van der Waals surface area contributed by atoms with E-state index in [-0.39, 0.29) is 29.2 Å². The Labute approximate surface area is 424 Å². The second kappa shape index (κ2) is 23.0. The van der Waals surface area contributed by atoms with E-state index in [1.165, 1.54) is 38.7 Å². The summed E-state index contributed by atoms with van der Waals surface area (Å²) in [6.07, 6.45) is -3.45. The molecule has 0 aliphatic carbocycles. The molecule has 6 heterocycles. The minimum atomic E-state index is -4.44. The van der Waals surface area contributed by atoms with Crippen molar-refractivity contribution < 1.29 is 45.4 Å². The number of hydrogen-bond donors (Lipinski definition) is 1. The third-order valence-corrected chi connectivity index (χ3v) is 13.0. The van der Waals surface area contributed by atoms with Crippen molar-refractivity contribution in [3.8, 4) is 22.5 Å². The Morgan fingerprint density at radius 2 is 1.01 bits per heavy atom. The lowest BCUT2D eigenvalue weighted by Crippen LogP contribution is -2.35. The number of anilines is 1. The highest BCUT2D eigenvalue weighted by atomic mass is 79.9. The first-order chi connectivity index (χ1) is 35.1. The Kier molecular flexibility index (Phi) is 16.4. The maximum Gasteiger partial charge on any atom is 0.418 e. The van der Waals surface area contributed by atoms with Crippen molar-refractivity contribution in [2.24, 2.45) is 0 Å². The van der Waals surface area contributed by atoms with Crippen LogP contribution in [0.1, 0.15) is 80.7 Å². The van der Waals surface area contributed by atoms with Crippen LogP contribution in [0.2, 0.25) is 0 Å². The van der Waals surface area contributed by atoms with Crippen LogP contribution in [0, 0.1) is 0 Å². The molecule has 8 aromatic rings. The fourth-order valence-corrected chi connectivity index (χ4v) is 9.29. The van der Waals surface area contributed by atoms with Crippen LogP contribution in [0.15, 0.2) is 138 Å². The molecule has 0 spiro atoms. The van der Waals surface area contributed by atoms with Crippen molar-refractivity contribution in [2.75, 3.05) is 45.3 Å². The average Bonchev–Trinajstić information content (AvgIpc) is 3.42. The number of fused-ring (bicyclic) bond motifs is 2. The summed E-state index contributed by atoms with van der Waals surface area (Å²) in [6, 6.07) is 34.5. The van der Waals surface area contributed by atoms with Crippen LogP contribution in [0.25, 0.3) is 44.6 Å². The van der Waals surface area contributed by atoms with Crippen LogP contribution in [0.5, 0.6) is 0 Å². The lowest BCUT2D eigenvalue weighted by molar-refractivity contribution is -0.139. The number of esters is 2. The van der Waals surface area contributed by atoms with Gasteiger partial charge in [-0.3, -0.25) is 9.97 Å². The van der Waals surface area contributed by atoms with Crippen LogP contribution >= 0.6 is 15.9 Å². The van der Waals surface area contributed by atoms with Crippen LogP contribution in [-0.4, -0.2) is 82.2 Å². The summed E-state index contributed by atoms with van der Waals surface area (Å²) in [5.41, 5.74) is 5.73. The number of benzene rings is 4. The van der Waals surface area contributed by atoms with E-state index in [1.807, 2.05) is 65.6 Å². The standard InChI is InChI=1S/C27H23F3N4O2.C16H11BrN2O2.C11H13F3N2/c1-36-26(35)19-9-10-21-22(16-19)33-25(24(32-21)17-6-3-2-4-7-17)34-14-11-18(12-15-34)23-20(27(28,29)30)8-5-13-31-23;1-21-16(20)11-7-8-12-13(9-11)19-15(17)14(18-12)10-5-3-2-4-6-10;12-11(13,14)9-2-1-5-16-10(9)8-3-6-15-7-4-8/h2-10,13,16,18H,11-12,14-15H2,1H3;2-9H,1H3;1-2,5,8,15H,3-4,6-7H2. The molecule has 2 aliphatic rings. The molecule has 0 atom stereocenters. The van der Waals surface area contributed by atoms with Gasteiger partial charge in [0.2, 0.25) is 0 Å². The van der Waals surface area contributed by atoms with Crippen LogP contribution < -0.4 is 10.2 Å². The number of ether oxygens (including phenoxy) is 2. The van der Waals surface area contributed by atoms with Gasteiger partial charge in [0.1, 0.15) is 16.0 Å². The summed E-state index contributed by atoms with van der Waals surface area (Å²) in [6.45, 7) is 2.52. The van der Waals surface area contributed by atoms with E-state index in [9.17, 15) is 35.9 Å². The van der Waals surface area contributed by atoms with Gasteiger partial charge in [0.15, 0.2) is 5.82 Å². The molecular weight excluding hydrogens is 1020 g/mol. The molecule has 0 amide bonds. The zero-order valence-corrected chi connectivity index (χ0v) is 41.0. The molecule has 12 nitrogen and oxygen atoms in total. The van der Waals surface area contributed by atoms with Crippen LogP contribution in [0.3, 0.4) is 0 Å². The van der Waals surface area contributed by atoms with Gasteiger partial charge in [-0.05, 0) is 115 Å². The van der Waals surface area contributed by atoms with E-state index >= 15 is 0 Å². The fourth-order valence-electron chi connectivity index (χ4n) is 8.78. The molecule has 1 N–H and O–H groups in total. The molecule has 2 aliphatic heterocycles. The Bertz CT molecular complexity index is 3210. The van der Waals surface area contributed by atoms with Gasteiger partial charge >= 0.3 is 24.3 Å². The minimum Gasteiger partial charge on any atom is -0.465 e. The van der Waals surface area contributed by atoms with Crippen LogP contribution in [-0.2, 0) is 21.8 Å². The molecule has 4 aromatic carbocycles. The molecule has 0 bridgehead atoms. The van der Waals surface area contributed by atoms with E-state index in [0.717, 1.165) is 60.4 Å². The monoisotopic (exact) mass is 1060 g/mol. The lowest BCUT2D eigenvalue weighted by Gasteiger charge is -2.34. The van der Waals surface area contributed by atoms with Crippen molar-refractivity contribution in [3.05, 3.63) is 172 Å². The SMILES string of the molecule is COC(=O)c1ccc2nc(-c3ccccc3)c(Br)nc2c1.COC(=O)c1ccc2nc(-c3ccccc3)c(N3CCC(c4ncccc4C(F)(F)F)CC3)nc2c1.FC(F)(F)c1cccnc1C1CCNCC1. The topological polar surface area (TPSA) is 145 Å². The highest BCUT2D eigenvalue weighted by Crippen LogP contribution is 2.40. The average molecular weight is 1070 g/mol. The molecule has 4 aromatic heterocycles. The first kappa shape index (κ1) is 52.0. The minimum absolute atomic E-state index is 0.0703. The zero-order valence-electron chi connectivity index (χ0n) is 39.4. The Morgan fingerprint density at radius 1 is 0.562 bits per heavy atom. The number of nitrogens with one attached hydrogen (secondary N) is 1. The van der Waals surface area contributed by atoms with E-state index in [0.29, 0.717) is 69.7 Å². The maximum absolute atomic E-state index is 13.5. The van der Waals surface area contributed by atoms with Gasteiger partial charge in [0, 0.05) is 48.4 Å². The molecule has 73 heavy (non-hydrogen) atoms. The largest absolute Gasteiger partial charge is 0.465 e. The van der Waals surface area contributed by atoms with Crippen molar-refractivity contribution in [3.63, 3.8) is 0 Å². The van der Waals surface area contributed by atoms with E-state index in [1.54, 1.807) is 36.4 Å². The third-order valence-electron chi connectivity index (χ3n) is 12.4. The maximum atomic E-state index is 13.5. The van der Waals surface area contributed by atoms with Gasteiger partial charge < -0.3 is 19.7 Å². The summed E-state index contributed by atoms with van der Waals surface area (Å²) in [7, 11) is 2.67. The quantitative estimate of drug-likeness (QED) is 0.120. The number of halogens is 7. The van der Waals surface area contributed by atoms with E-state index < -0.39 is 29.4 Å². The number of rotatable bonds is 7. The Balaban J connectivity index is 0.000000162. The van der Waals surface area contributed by atoms with E-state index in [4.69, 9.17) is 19.4 Å².